The number of nitrogens with zero attached hydrogens (tertiary/aromatic N) is 12. The molecule has 0 aliphatic carbocycles. The summed E-state index contributed by atoms with van der Waals surface area (Å²) in [5.41, 5.74) is 17.4. The topological polar surface area (TPSA) is 123 Å². The van der Waals surface area contributed by atoms with Gasteiger partial charge in [0.2, 0.25) is 0 Å². The molecule has 9 aromatic carbocycles. The normalized spacial score (nSPS) is 12.0. The third-order valence-corrected chi connectivity index (χ3v) is 17.1. The highest BCUT2D eigenvalue weighted by Gasteiger charge is 2.36. The lowest BCUT2D eigenvalue weighted by atomic mass is 9.94. The fourth-order valence-corrected chi connectivity index (χ4v) is 13.5. The number of rotatable bonds is 9. The van der Waals surface area contributed by atoms with Crippen molar-refractivity contribution in [1.29, 1.82) is 0 Å². The van der Waals surface area contributed by atoms with Crippen LogP contribution in [0.25, 0.3) is 154 Å². The van der Waals surface area contributed by atoms with Gasteiger partial charge in [-0.2, -0.15) is 0 Å². The second-order valence-corrected chi connectivity index (χ2v) is 22.1. The molecule has 8 heterocycles. The van der Waals surface area contributed by atoms with Gasteiger partial charge in [-0.05, 0) is 101 Å². The van der Waals surface area contributed by atoms with Crippen LogP contribution in [0.15, 0.2) is 245 Å². The van der Waals surface area contributed by atoms with E-state index in [1.54, 1.807) is 25.3 Å². The molecule has 0 bridgehead atoms. The summed E-state index contributed by atoms with van der Waals surface area (Å²) < 4.78 is 30.3. The van der Waals surface area contributed by atoms with Gasteiger partial charge in [0, 0.05) is 120 Å². The molecule has 0 unspecified atom stereocenters. The van der Waals surface area contributed by atoms with E-state index in [1.165, 1.54) is 0 Å². The lowest BCUT2D eigenvalue weighted by Gasteiger charge is -2.30. The Morgan fingerprint density at radius 1 is 0.267 bits per heavy atom. The molecule has 0 amide bonds. The minimum atomic E-state index is -0.408. The molecule has 0 spiro atoms. The number of halogens is 1. The summed E-state index contributed by atoms with van der Waals surface area (Å²) in [5, 5.41) is 7.88. The summed E-state index contributed by atoms with van der Waals surface area (Å²) in [4.78, 5) is 35.5. The molecule has 0 radical (unpaired) electrons. The van der Waals surface area contributed by atoms with Crippen LogP contribution in [0.1, 0.15) is 25.3 Å². The zero-order valence-corrected chi connectivity index (χ0v) is 46.4. The van der Waals surface area contributed by atoms with Crippen LogP contribution in [0, 0.1) is 5.82 Å². The second kappa shape index (κ2) is 19.3. The lowest BCUT2D eigenvalue weighted by molar-refractivity contribution is 0.609. The van der Waals surface area contributed by atoms with Crippen LogP contribution >= 0.6 is 0 Å². The third kappa shape index (κ3) is 7.34. The van der Waals surface area contributed by atoms with Crippen molar-refractivity contribution in [3.8, 4) is 67.3 Å². The molecule has 17 aromatic rings. The summed E-state index contributed by atoms with van der Waals surface area (Å²) in [6.45, 7) is 4.49. The Balaban J connectivity index is 1.12. The Morgan fingerprint density at radius 3 is 0.756 bits per heavy atom. The number of aromatic nitrogens is 12. The van der Waals surface area contributed by atoms with Crippen LogP contribution < -0.4 is 0 Å². The van der Waals surface area contributed by atoms with Crippen molar-refractivity contribution in [2.45, 2.75) is 19.8 Å². The summed E-state index contributed by atoms with van der Waals surface area (Å²) in [5.74, 6) is -0.670. The van der Waals surface area contributed by atoms with E-state index in [0.29, 0.717) is 22.7 Å². The molecule has 406 valence electrons. The highest BCUT2D eigenvalue weighted by molar-refractivity contribution is 6.16. The van der Waals surface area contributed by atoms with Gasteiger partial charge in [-0.1, -0.05) is 111 Å². The highest BCUT2D eigenvalue weighted by Crippen LogP contribution is 2.51. The van der Waals surface area contributed by atoms with E-state index in [1.807, 2.05) is 49.6 Å². The van der Waals surface area contributed by atoms with Crippen LogP contribution in [-0.2, 0) is 0 Å². The predicted octanol–water partition coefficient (Wildman–Crippen LogP) is 17.2. The molecule has 0 aliphatic heterocycles. The maximum Gasteiger partial charge on any atom is 0.175 e. The van der Waals surface area contributed by atoms with Gasteiger partial charge < -0.3 is 18.3 Å². The first-order valence-electron chi connectivity index (χ1n) is 28.5. The van der Waals surface area contributed by atoms with E-state index in [2.05, 4.69) is 242 Å². The molecular formula is C73H47FN12. The molecular weight excluding hydrogens is 1060 g/mol. The summed E-state index contributed by atoms with van der Waals surface area (Å²) in [6, 6.07) is 59.6. The maximum absolute atomic E-state index is 21.3. The quantitative estimate of drug-likeness (QED) is 0.140. The third-order valence-electron chi connectivity index (χ3n) is 17.1. The first-order chi connectivity index (χ1) is 42.5. The predicted molar refractivity (Wildman–Crippen MR) is 342 cm³/mol. The molecule has 0 aliphatic rings. The minimum absolute atomic E-state index is 0.262. The van der Waals surface area contributed by atoms with Gasteiger partial charge in [0.25, 0.3) is 0 Å². The molecule has 12 nitrogen and oxygen atoms in total. The number of hydrogen-bond acceptors (Lipinski definition) is 8. The van der Waals surface area contributed by atoms with Crippen LogP contribution in [0.3, 0.4) is 0 Å². The zero-order chi connectivity index (χ0) is 57.1. The van der Waals surface area contributed by atoms with Crippen molar-refractivity contribution in [2.24, 2.45) is 0 Å². The Bertz CT molecular complexity index is 4940. The van der Waals surface area contributed by atoms with Crippen LogP contribution in [0.2, 0.25) is 0 Å². The van der Waals surface area contributed by atoms with E-state index in [-0.39, 0.29) is 5.92 Å². The molecule has 86 heavy (non-hydrogen) atoms. The van der Waals surface area contributed by atoms with Gasteiger partial charge in [0.15, 0.2) is 5.82 Å². The lowest BCUT2D eigenvalue weighted by Crippen LogP contribution is -2.18. The molecule has 0 N–H and O–H groups in total. The zero-order valence-electron chi connectivity index (χ0n) is 46.4. The molecule has 13 heteroatoms. The molecule has 17 rings (SSSR count). The van der Waals surface area contributed by atoms with Gasteiger partial charge in [0.05, 0.1) is 55.5 Å². The van der Waals surface area contributed by atoms with Crippen molar-refractivity contribution in [3.05, 3.63) is 256 Å². The van der Waals surface area contributed by atoms with E-state index < -0.39 is 5.82 Å². The van der Waals surface area contributed by atoms with Crippen molar-refractivity contribution < 1.29 is 4.39 Å². The fraction of sp³-hybridized carbons (Fsp3) is 0.0411. The average Bonchev–Trinajstić information content (AvgIpc) is 1.50. The molecule has 0 fully saturated rings. The minimum Gasteiger partial charge on any atom is -0.307 e. The first-order valence-corrected chi connectivity index (χ1v) is 28.5. The Morgan fingerprint density at radius 2 is 0.500 bits per heavy atom. The van der Waals surface area contributed by atoms with Gasteiger partial charge in [-0.3, -0.25) is 0 Å². The Kier molecular flexibility index (Phi) is 11.0. The summed E-state index contributed by atoms with van der Waals surface area (Å²) in [6.07, 6.45) is 20.9. The molecule has 8 aromatic heterocycles. The second-order valence-electron chi connectivity index (χ2n) is 22.1. The van der Waals surface area contributed by atoms with Crippen molar-refractivity contribution in [2.75, 3.05) is 0 Å². The summed E-state index contributed by atoms with van der Waals surface area (Å²) in [7, 11) is 0. The van der Waals surface area contributed by atoms with Gasteiger partial charge >= 0.3 is 0 Å². The van der Waals surface area contributed by atoms with Gasteiger partial charge in [-0.15, -0.1) is 0 Å². The molecule has 0 saturated carbocycles. The largest absolute Gasteiger partial charge is 0.307 e. The molecule has 0 atom stereocenters. The Labute approximate surface area is 490 Å². The first kappa shape index (κ1) is 49.1. The standard InChI is InChI=1S/C73H47FN12/c1-43(2)68-70(83-64-23-19-44(48-31-75-39-76-32-48)27-56(64)57-28-45(20-24-65(57)83)49-33-77-40-78-34-49)72(85-60-15-7-3-11-52(60)53-12-4-8-16-61(53)85)69(74)73(86-62-17-9-5-13-54(62)55-14-6-10-18-63(55)86)71(68)84-66-25-21-46(50-35-79-41-80-36-50)29-58(66)59-30-47(22-26-67(59)84)51-37-81-42-82-38-51/h3-43H,1-2H3. The van der Waals surface area contributed by atoms with E-state index in [0.717, 1.165) is 137 Å². The number of benzene rings is 9. The van der Waals surface area contributed by atoms with Crippen LogP contribution in [0.4, 0.5) is 4.39 Å². The van der Waals surface area contributed by atoms with Crippen molar-refractivity contribution in [3.63, 3.8) is 0 Å². The maximum atomic E-state index is 21.3. The van der Waals surface area contributed by atoms with Crippen molar-refractivity contribution >= 4 is 87.2 Å². The number of hydrogen-bond donors (Lipinski definition) is 0. The average molecular weight is 1110 g/mol. The van der Waals surface area contributed by atoms with Crippen molar-refractivity contribution in [1.82, 2.24) is 58.1 Å². The Hall–Kier alpha value is -11.6. The van der Waals surface area contributed by atoms with Gasteiger partial charge in [0.1, 0.15) is 36.7 Å². The summed E-state index contributed by atoms with van der Waals surface area (Å²) >= 11 is 0. The molecule has 0 saturated heterocycles. The van der Waals surface area contributed by atoms with E-state index in [9.17, 15) is 0 Å². The smallest absolute Gasteiger partial charge is 0.175 e. The fourth-order valence-electron chi connectivity index (χ4n) is 13.5. The number of para-hydroxylation sites is 4. The monoisotopic (exact) mass is 1110 g/mol. The van der Waals surface area contributed by atoms with E-state index in [4.69, 9.17) is 0 Å². The van der Waals surface area contributed by atoms with Gasteiger partial charge in [-0.25, -0.2) is 44.3 Å². The van der Waals surface area contributed by atoms with E-state index >= 15 is 4.39 Å². The SMILES string of the molecule is CC(C)c1c(-n2c3ccc(-c4cncnc4)cc3c3cc(-c4cncnc4)ccc32)c(-n2c3ccccc3c3ccccc32)c(F)c(-n2c3ccccc3c3ccccc32)c1-n1c2ccc(-c3cncnc3)cc2c2cc(-c3cncnc3)ccc21. The highest BCUT2D eigenvalue weighted by atomic mass is 19.1. The van der Waals surface area contributed by atoms with Crippen LogP contribution in [0.5, 0.6) is 0 Å². The number of fused-ring (bicyclic) bond motifs is 12. The van der Waals surface area contributed by atoms with Crippen LogP contribution in [-0.4, -0.2) is 58.1 Å².